The average Bonchev–Trinajstić information content (AvgIpc) is 2.70. The highest BCUT2D eigenvalue weighted by Gasteiger charge is 2.28. The molecule has 1 N–H and O–H groups in total. The minimum absolute atomic E-state index is 0.0461. The predicted octanol–water partition coefficient (Wildman–Crippen LogP) is 1.50. The number of rotatable bonds is 9. The zero-order chi connectivity index (χ0) is 20.5. The van der Waals surface area contributed by atoms with Gasteiger partial charge >= 0.3 is 5.97 Å². The summed E-state index contributed by atoms with van der Waals surface area (Å²) < 4.78 is 10.6. The molecule has 1 aliphatic heterocycles. The van der Waals surface area contributed by atoms with Crippen molar-refractivity contribution in [1.29, 1.82) is 0 Å². The van der Waals surface area contributed by atoms with Crippen LogP contribution < -0.4 is 4.74 Å². The molecule has 1 heterocycles. The number of nitrogens with zero attached hydrogens (tertiary/aromatic N) is 2. The van der Waals surface area contributed by atoms with Crippen molar-refractivity contribution in [2.24, 2.45) is 5.92 Å². The lowest BCUT2D eigenvalue weighted by atomic mass is 9.97. The maximum atomic E-state index is 12.6. The summed E-state index contributed by atoms with van der Waals surface area (Å²) in [5.74, 6) is -1.06. The molecule has 0 aromatic heterocycles. The summed E-state index contributed by atoms with van der Waals surface area (Å²) in [6, 6.07) is 6.87. The Kier molecular flexibility index (Phi) is 8.25. The SMILES string of the molecule is COCCCOc1cccc(C(=O)N(C)CC(=O)N2CCC(C(=O)O)CC2)c1. The molecule has 0 spiro atoms. The number of carbonyl (C=O) groups is 3. The van der Waals surface area contributed by atoms with E-state index in [2.05, 4.69) is 0 Å². The van der Waals surface area contributed by atoms with Gasteiger partial charge in [0, 0.05) is 45.8 Å². The first-order chi connectivity index (χ1) is 13.4. The number of piperidine rings is 1. The van der Waals surface area contributed by atoms with E-state index in [0.717, 1.165) is 6.42 Å². The van der Waals surface area contributed by atoms with Crippen LogP contribution in [-0.2, 0) is 14.3 Å². The van der Waals surface area contributed by atoms with E-state index in [9.17, 15) is 14.4 Å². The van der Waals surface area contributed by atoms with Gasteiger partial charge < -0.3 is 24.4 Å². The van der Waals surface area contributed by atoms with Gasteiger partial charge in [0.05, 0.1) is 19.1 Å². The fraction of sp³-hybridized carbons (Fsp3) is 0.550. The van der Waals surface area contributed by atoms with E-state index >= 15 is 0 Å². The molecule has 8 nitrogen and oxygen atoms in total. The van der Waals surface area contributed by atoms with Crippen LogP contribution in [0.4, 0.5) is 0 Å². The van der Waals surface area contributed by atoms with Crippen molar-refractivity contribution in [1.82, 2.24) is 9.80 Å². The standard InChI is InChI=1S/C20H28N2O6/c1-21(14-18(23)22-9-7-15(8-10-22)20(25)26)19(24)16-5-3-6-17(13-16)28-12-4-11-27-2/h3,5-6,13,15H,4,7-12,14H2,1-2H3,(H,25,26). The van der Waals surface area contributed by atoms with Crippen molar-refractivity contribution in [2.45, 2.75) is 19.3 Å². The Morgan fingerprint density at radius 2 is 1.93 bits per heavy atom. The van der Waals surface area contributed by atoms with Crippen molar-refractivity contribution < 1.29 is 29.0 Å². The van der Waals surface area contributed by atoms with E-state index in [1.54, 1.807) is 43.3 Å². The van der Waals surface area contributed by atoms with Gasteiger partial charge in [-0.05, 0) is 31.0 Å². The fourth-order valence-corrected chi connectivity index (χ4v) is 3.08. The van der Waals surface area contributed by atoms with Gasteiger partial charge in [-0.25, -0.2) is 0 Å². The van der Waals surface area contributed by atoms with Crippen LogP contribution in [0.2, 0.25) is 0 Å². The van der Waals surface area contributed by atoms with Gasteiger partial charge in [0.1, 0.15) is 5.75 Å². The van der Waals surface area contributed by atoms with Crippen LogP contribution in [-0.4, -0.2) is 79.7 Å². The minimum Gasteiger partial charge on any atom is -0.493 e. The smallest absolute Gasteiger partial charge is 0.306 e. The summed E-state index contributed by atoms with van der Waals surface area (Å²) in [7, 11) is 3.21. The molecular formula is C20H28N2O6. The van der Waals surface area contributed by atoms with Gasteiger partial charge in [0.15, 0.2) is 0 Å². The summed E-state index contributed by atoms with van der Waals surface area (Å²) in [5.41, 5.74) is 0.448. The molecule has 0 aliphatic carbocycles. The third-order valence-corrected chi connectivity index (χ3v) is 4.76. The van der Waals surface area contributed by atoms with Crippen LogP contribution in [0.3, 0.4) is 0 Å². The number of carboxylic acids is 1. The number of hydrogen-bond acceptors (Lipinski definition) is 5. The topological polar surface area (TPSA) is 96.4 Å². The summed E-state index contributed by atoms with van der Waals surface area (Å²) in [4.78, 5) is 39.1. The van der Waals surface area contributed by atoms with Crippen molar-refractivity contribution in [3.63, 3.8) is 0 Å². The van der Waals surface area contributed by atoms with Crippen LogP contribution >= 0.6 is 0 Å². The van der Waals surface area contributed by atoms with E-state index in [4.69, 9.17) is 14.6 Å². The second-order valence-electron chi connectivity index (χ2n) is 6.88. The number of methoxy groups -OCH3 is 1. The van der Waals surface area contributed by atoms with Gasteiger partial charge in [-0.3, -0.25) is 14.4 Å². The molecule has 0 atom stereocenters. The quantitative estimate of drug-likeness (QED) is 0.640. The maximum Gasteiger partial charge on any atom is 0.306 e. The van der Waals surface area contributed by atoms with Gasteiger partial charge in [-0.1, -0.05) is 6.07 Å². The van der Waals surface area contributed by atoms with Crippen LogP contribution in [0, 0.1) is 5.92 Å². The molecule has 1 aromatic carbocycles. The number of benzene rings is 1. The Bertz CT molecular complexity index is 685. The van der Waals surface area contributed by atoms with E-state index in [1.165, 1.54) is 4.90 Å². The largest absolute Gasteiger partial charge is 0.493 e. The number of ether oxygens (including phenoxy) is 2. The van der Waals surface area contributed by atoms with E-state index in [-0.39, 0.29) is 18.4 Å². The first-order valence-electron chi connectivity index (χ1n) is 9.40. The zero-order valence-corrected chi connectivity index (χ0v) is 16.4. The molecular weight excluding hydrogens is 364 g/mol. The zero-order valence-electron chi connectivity index (χ0n) is 16.4. The molecule has 0 unspecified atom stereocenters. The highest BCUT2D eigenvalue weighted by atomic mass is 16.5. The number of likely N-dealkylation sites (tertiary alicyclic amines) is 1. The Morgan fingerprint density at radius 3 is 2.57 bits per heavy atom. The van der Waals surface area contributed by atoms with Crippen LogP contribution in [0.25, 0.3) is 0 Å². The fourth-order valence-electron chi connectivity index (χ4n) is 3.08. The van der Waals surface area contributed by atoms with Crippen molar-refractivity contribution in [3.05, 3.63) is 29.8 Å². The number of aliphatic carboxylic acids is 1. The summed E-state index contributed by atoms with van der Waals surface area (Å²) in [5, 5.41) is 9.04. The molecule has 1 saturated heterocycles. The maximum absolute atomic E-state index is 12.6. The molecule has 8 heteroatoms. The lowest BCUT2D eigenvalue weighted by molar-refractivity contribution is -0.145. The predicted molar refractivity (Wildman–Crippen MR) is 102 cm³/mol. The molecule has 0 saturated carbocycles. The second-order valence-corrected chi connectivity index (χ2v) is 6.88. The molecule has 0 bridgehead atoms. The number of carboxylic acid groups (broad SMARTS) is 1. The van der Waals surface area contributed by atoms with Crippen LogP contribution in [0.1, 0.15) is 29.6 Å². The highest BCUT2D eigenvalue weighted by molar-refractivity contribution is 5.96. The lowest BCUT2D eigenvalue weighted by Crippen LogP contribution is -2.45. The van der Waals surface area contributed by atoms with Crippen molar-refractivity contribution >= 4 is 17.8 Å². The van der Waals surface area contributed by atoms with Crippen molar-refractivity contribution in [2.75, 3.05) is 47.0 Å². The Hall–Kier alpha value is -2.61. The second kappa shape index (κ2) is 10.7. The molecule has 0 radical (unpaired) electrons. The van der Waals surface area contributed by atoms with Crippen molar-refractivity contribution in [3.8, 4) is 5.75 Å². The Morgan fingerprint density at radius 1 is 1.21 bits per heavy atom. The third-order valence-electron chi connectivity index (χ3n) is 4.76. The number of amides is 2. The molecule has 2 rings (SSSR count). The van der Waals surface area contributed by atoms with Gasteiger partial charge in [-0.15, -0.1) is 0 Å². The Balaban J connectivity index is 1.86. The molecule has 154 valence electrons. The monoisotopic (exact) mass is 392 g/mol. The lowest BCUT2D eigenvalue weighted by Gasteiger charge is -2.31. The van der Waals surface area contributed by atoms with Gasteiger partial charge in [0.2, 0.25) is 5.91 Å². The number of hydrogen-bond donors (Lipinski definition) is 1. The highest BCUT2D eigenvalue weighted by Crippen LogP contribution is 2.18. The van der Waals surface area contributed by atoms with E-state index < -0.39 is 11.9 Å². The molecule has 2 amide bonds. The average molecular weight is 392 g/mol. The van der Waals surface area contributed by atoms with Gasteiger partial charge in [-0.2, -0.15) is 0 Å². The van der Waals surface area contributed by atoms with Gasteiger partial charge in [0.25, 0.3) is 5.91 Å². The van der Waals surface area contributed by atoms with Crippen LogP contribution in [0.15, 0.2) is 24.3 Å². The number of carbonyl (C=O) groups excluding carboxylic acids is 2. The summed E-state index contributed by atoms with van der Waals surface area (Å²) >= 11 is 0. The normalized spacial score (nSPS) is 14.6. The first-order valence-corrected chi connectivity index (χ1v) is 9.40. The van der Waals surface area contributed by atoms with Crippen LogP contribution in [0.5, 0.6) is 5.75 Å². The molecule has 28 heavy (non-hydrogen) atoms. The Labute approximate surface area is 165 Å². The first kappa shape index (κ1) is 21.7. The molecule has 1 fully saturated rings. The number of likely N-dealkylation sites (N-methyl/N-ethyl adjacent to an activating group) is 1. The molecule has 1 aliphatic rings. The van der Waals surface area contributed by atoms with E-state index in [0.29, 0.717) is 50.5 Å². The third kappa shape index (κ3) is 6.23. The molecule has 1 aromatic rings. The minimum atomic E-state index is -0.816. The van der Waals surface area contributed by atoms with E-state index in [1.807, 2.05) is 0 Å². The summed E-state index contributed by atoms with van der Waals surface area (Å²) in [6.07, 6.45) is 1.64. The summed E-state index contributed by atoms with van der Waals surface area (Å²) in [6.45, 7) is 1.86.